The van der Waals surface area contributed by atoms with Crippen molar-refractivity contribution in [2.45, 2.75) is 6.10 Å². The van der Waals surface area contributed by atoms with Gasteiger partial charge in [-0.25, -0.2) is 4.79 Å². The molecule has 0 bridgehead atoms. The van der Waals surface area contributed by atoms with Crippen molar-refractivity contribution < 1.29 is 19.4 Å². The molecule has 0 fully saturated rings. The highest BCUT2D eigenvalue weighted by atomic mass is 16.5. The fourth-order valence-corrected chi connectivity index (χ4v) is 1.90. The first-order valence-electron chi connectivity index (χ1n) is 6.75. The van der Waals surface area contributed by atoms with Crippen LogP contribution in [-0.4, -0.2) is 36.0 Å². The monoisotopic (exact) mass is 299 g/mol. The predicted molar refractivity (Wildman–Crippen MR) is 81.4 cm³/mol. The minimum atomic E-state index is -1.00. The van der Waals surface area contributed by atoms with Crippen LogP contribution in [0.5, 0.6) is 5.75 Å². The van der Waals surface area contributed by atoms with E-state index in [2.05, 4.69) is 0 Å². The minimum absolute atomic E-state index is 0.0560. The van der Waals surface area contributed by atoms with Gasteiger partial charge < -0.3 is 14.7 Å². The van der Waals surface area contributed by atoms with Crippen LogP contribution < -0.4 is 0 Å². The van der Waals surface area contributed by atoms with Crippen LogP contribution in [0.2, 0.25) is 0 Å². The Bertz CT molecular complexity index is 650. The Balaban J connectivity index is 2.25. The van der Waals surface area contributed by atoms with Crippen LogP contribution in [0.25, 0.3) is 0 Å². The van der Waals surface area contributed by atoms with E-state index in [9.17, 15) is 14.7 Å². The number of phenols is 1. The Morgan fingerprint density at radius 1 is 1.00 bits per heavy atom. The lowest BCUT2D eigenvalue weighted by molar-refractivity contribution is -0.138. The number of carbonyl (C=O) groups is 2. The van der Waals surface area contributed by atoms with E-state index < -0.39 is 12.1 Å². The molecule has 2 rings (SSSR count). The summed E-state index contributed by atoms with van der Waals surface area (Å²) in [6.07, 6.45) is -1.00. The summed E-state index contributed by atoms with van der Waals surface area (Å²) in [5.41, 5.74) is 0.874. The number of hydrogen-bond acceptors (Lipinski definition) is 4. The second-order valence-corrected chi connectivity index (χ2v) is 4.98. The number of hydrogen-bond donors (Lipinski definition) is 1. The van der Waals surface area contributed by atoms with Crippen molar-refractivity contribution in [1.29, 1.82) is 0 Å². The van der Waals surface area contributed by atoms with Crippen molar-refractivity contribution in [2.24, 2.45) is 0 Å². The SMILES string of the molecule is CN(C)C(=O)[C@H](OC(=O)c1ccc(O)cc1)c1ccccc1. The van der Waals surface area contributed by atoms with Gasteiger partial charge in [-0.15, -0.1) is 0 Å². The Kier molecular flexibility index (Phi) is 4.78. The van der Waals surface area contributed by atoms with Crippen LogP contribution in [0.4, 0.5) is 0 Å². The molecule has 0 spiro atoms. The molecule has 0 unspecified atom stereocenters. The zero-order valence-electron chi connectivity index (χ0n) is 12.4. The van der Waals surface area contributed by atoms with Crippen LogP contribution in [0.3, 0.4) is 0 Å². The van der Waals surface area contributed by atoms with Crippen LogP contribution in [0, 0.1) is 0 Å². The molecule has 2 aromatic rings. The molecule has 5 heteroatoms. The third-order valence-corrected chi connectivity index (χ3v) is 3.10. The normalized spacial score (nSPS) is 11.5. The highest BCUT2D eigenvalue weighted by Gasteiger charge is 2.26. The van der Waals surface area contributed by atoms with E-state index in [4.69, 9.17) is 4.74 Å². The lowest BCUT2D eigenvalue weighted by Gasteiger charge is -2.21. The van der Waals surface area contributed by atoms with Gasteiger partial charge in [0.1, 0.15) is 5.75 Å². The van der Waals surface area contributed by atoms with Crippen LogP contribution in [0.1, 0.15) is 22.0 Å². The van der Waals surface area contributed by atoms with Gasteiger partial charge in [-0.3, -0.25) is 4.79 Å². The van der Waals surface area contributed by atoms with E-state index >= 15 is 0 Å². The van der Waals surface area contributed by atoms with E-state index in [1.165, 1.54) is 29.2 Å². The van der Waals surface area contributed by atoms with Gasteiger partial charge in [-0.1, -0.05) is 30.3 Å². The average molecular weight is 299 g/mol. The zero-order chi connectivity index (χ0) is 16.1. The topological polar surface area (TPSA) is 66.8 Å². The molecule has 1 atom stereocenters. The van der Waals surface area contributed by atoms with E-state index in [1.54, 1.807) is 38.4 Å². The molecule has 0 saturated heterocycles. The molecule has 0 aliphatic heterocycles. The van der Waals surface area contributed by atoms with Gasteiger partial charge in [0.2, 0.25) is 6.10 Å². The Morgan fingerprint density at radius 3 is 2.14 bits per heavy atom. The zero-order valence-corrected chi connectivity index (χ0v) is 12.4. The summed E-state index contributed by atoms with van der Waals surface area (Å²) in [4.78, 5) is 25.8. The second kappa shape index (κ2) is 6.76. The van der Waals surface area contributed by atoms with Gasteiger partial charge in [0.25, 0.3) is 5.91 Å². The third kappa shape index (κ3) is 3.63. The molecule has 22 heavy (non-hydrogen) atoms. The van der Waals surface area contributed by atoms with Crippen molar-refractivity contribution in [3.8, 4) is 5.75 Å². The third-order valence-electron chi connectivity index (χ3n) is 3.10. The largest absolute Gasteiger partial charge is 0.508 e. The lowest BCUT2D eigenvalue weighted by Crippen LogP contribution is -2.31. The van der Waals surface area contributed by atoms with Gasteiger partial charge in [0.05, 0.1) is 5.56 Å². The average Bonchev–Trinajstić information content (AvgIpc) is 2.53. The lowest BCUT2D eigenvalue weighted by atomic mass is 10.1. The van der Waals surface area contributed by atoms with Gasteiger partial charge in [0.15, 0.2) is 0 Å². The highest BCUT2D eigenvalue weighted by molar-refractivity contribution is 5.92. The molecular weight excluding hydrogens is 282 g/mol. The summed E-state index contributed by atoms with van der Waals surface area (Å²) in [6.45, 7) is 0. The first-order chi connectivity index (χ1) is 10.5. The molecule has 0 aliphatic carbocycles. The van der Waals surface area contributed by atoms with Crippen LogP contribution in [0.15, 0.2) is 54.6 Å². The molecule has 5 nitrogen and oxygen atoms in total. The molecule has 0 saturated carbocycles. The number of rotatable bonds is 4. The fourth-order valence-electron chi connectivity index (χ4n) is 1.90. The number of amides is 1. The van der Waals surface area contributed by atoms with Crippen LogP contribution >= 0.6 is 0 Å². The maximum absolute atomic E-state index is 12.3. The van der Waals surface area contributed by atoms with Crippen LogP contribution in [-0.2, 0) is 9.53 Å². The number of esters is 1. The summed E-state index contributed by atoms with van der Waals surface area (Å²) in [5, 5.41) is 9.25. The predicted octanol–water partition coefficient (Wildman–Crippen LogP) is 2.38. The van der Waals surface area contributed by atoms with E-state index in [0.717, 1.165) is 0 Å². The van der Waals surface area contributed by atoms with E-state index in [1.807, 2.05) is 6.07 Å². The number of benzene rings is 2. The van der Waals surface area contributed by atoms with Gasteiger partial charge in [-0.2, -0.15) is 0 Å². The Hall–Kier alpha value is -2.82. The van der Waals surface area contributed by atoms with Crippen molar-refractivity contribution in [3.63, 3.8) is 0 Å². The standard InChI is InChI=1S/C17H17NO4/c1-18(2)16(20)15(12-6-4-3-5-7-12)22-17(21)13-8-10-14(19)11-9-13/h3-11,15,19H,1-2H3/t15-/m1/s1. The van der Waals surface area contributed by atoms with Gasteiger partial charge >= 0.3 is 5.97 Å². The van der Waals surface area contributed by atoms with E-state index in [0.29, 0.717) is 5.56 Å². The molecule has 0 aromatic heterocycles. The minimum Gasteiger partial charge on any atom is -0.508 e. The molecule has 0 radical (unpaired) electrons. The summed E-state index contributed by atoms with van der Waals surface area (Å²) >= 11 is 0. The number of phenolic OH excluding ortho intramolecular Hbond substituents is 1. The molecule has 2 aromatic carbocycles. The molecule has 1 amide bonds. The summed E-state index contributed by atoms with van der Waals surface area (Å²) in [5.74, 6) is -0.886. The Morgan fingerprint density at radius 2 is 1.59 bits per heavy atom. The number of aromatic hydroxyl groups is 1. The maximum atomic E-state index is 12.3. The number of carbonyl (C=O) groups excluding carboxylic acids is 2. The van der Waals surface area contributed by atoms with Gasteiger partial charge in [-0.05, 0) is 24.3 Å². The summed E-state index contributed by atoms with van der Waals surface area (Å²) in [6, 6.07) is 14.5. The first kappa shape index (κ1) is 15.6. The van der Waals surface area contributed by atoms with Crippen molar-refractivity contribution in [2.75, 3.05) is 14.1 Å². The number of ether oxygens (including phenoxy) is 1. The first-order valence-corrected chi connectivity index (χ1v) is 6.75. The Labute approximate surface area is 128 Å². The molecule has 0 aliphatic rings. The fraction of sp³-hybridized carbons (Fsp3) is 0.176. The number of likely N-dealkylation sites (N-methyl/N-ethyl adjacent to an activating group) is 1. The summed E-state index contributed by atoms with van der Waals surface area (Å²) < 4.78 is 5.37. The van der Waals surface area contributed by atoms with Crippen molar-refractivity contribution in [3.05, 3.63) is 65.7 Å². The highest BCUT2D eigenvalue weighted by Crippen LogP contribution is 2.21. The molecule has 114 valence electrons. The maximum Gasteiger partial charge on any atom is 0.339 e. The van der Waals surface area contributed by atoms with E-state index in [-0.39, 0.29) is 17.2 Å². The second-order valence-electron chi connectivity index (χ2n) is 4.98. The van der Waals surface area contributed by atoms with Crippen molar-refractivity contribution in [1.82, 2.24) is 4.90 Å². The molecular formula is C17H17NO4. The van der Waals surface area contributed by atoms with Gasteiger partial charge in [0, 0.05) is 19.7 Å². The molecule has 1 N–H and O–H groups in total. The van der Waals surface area contributed by atoms with Crippen molar-refractivity contribution >= 4 is 11.9 Å². The quantitative estimate of drug-likeness (QED) is 0.880. The number of nitrogens with zero attached hydrogens (tertiary/aromatic N) is 1. The smallest absolute Gasteiger partial charge is 0.339 e. The molecule has 0 heterocycles. The summed E-state index contributed by atoms with van der Waals surface area (Å²) in [7, 11) is 3.21.